The maximum Gasteiger partial charge on any atom is 0.573 e. The number of nitrogens with zero attached hydrogens (tertiary/aromatic N) is 5. The first-order valence-corrected chi connectivity index (χ1v) is 15.2. The summed E-state index contributed by atoms with van der Waals surface area (Å²) in [5, 5.41) is 7.36. The third-order valence-electron chi connectivity index (χ3n) is 6.80. The second-order valence-electron chi connectivity index (χ2n) is 10.2. The number of amidine groups is 1. The van der Waals surface area contributed by atoms with Gasteiger partial charge in [0.2, 0.25) is 0 Å². The molecule has 13 heteroatoms. The number of alkyl halides is 3. The predicted octanol–water partition coefficient (Wildman–Crippen LogP) is 8.07. The topological polar surface area (TPSA) is 84.6 Å². The first kappa shape index (κ1) is 31.8. The highest BCUT2D eigenvalue weighted by Crippen LogP contribution is 2.30. The van der Waals surface area contributed by atoms with Gasteiger partial charge in [-0.3, -0.25) is 0 Å². The van der Waals surface area contributed by atoms with Crippen LogP contribution in [0.4, 0.5) is 28.0 Å². The summed E-state index contributed by atoms with van der Waals surface area (Å²) in [4.78, 5) is 23.3. The van der Waals surface area contributed by atoms with E-state index in [1.165, 1.54) is 64.7 Å². The van der Waals surface area contributed by atoms with Gasteiger partial charge in [0, 0.05) is 35.3 Å². The highest BCUT2D eigenvalue weighted by Gasteiger charge is 2.31. The summed E-state index contributed by atoms with van der Waals surface area (Å²) in [6, 6.07) is 17.1. The van der Waals surface area contributed by atoms with Crippen molar-refractivity contribution in [2.24, 2.45) is 4.99 Å². The molecule has 2 heterocycles. The van der Waals surface area contributed by atoms with Crippen molar-refractivity contribution in [3.63, 3.8) is 0 Å². The molecule has 0 aliphatic carbocycles. The molecule has 1 fully saturated rings. The molecule has 1 aromatic heterocycles. The van der Waals surface area contributed by atoms with Gasteiger partial charge >= 0.3 is 12.4 Å². The second-order valence-corrected chi connectivity index (χ2v) is 11.3. The number of carbonyl (C=O) groups excluding carboxylic acids is 1. The third-order valence-corrected chi connectivity index (χ3v) is 7.87. The minimum atomic E-state index is -4.78. The minimum absolute atomic E-state index is 0.226. The highest BCUT2D eigenvalue weighted by molar-refractivity contribution is 8.14. The largest absolute Gasteiger partial charge is 0.573 e. The van der Waals surface area contributed by atoms with Gasteiger partial charge in [0.1, 0.15) is 17.9 Å². The van der Waals surface area contributed by atoms with E-state index in [-0.39, 0.29) is 11.3 Å². The standard InChI is InChI=1S/C32H30F4N6O2S/c1-3-5-23-7-6-21(2)18-28(23)41-16-4-17-45-31(41)39-30(43)37-19-27(33)22-8-10-24(11-9-22)29-38-20-42(40-29)25-12-14-26(15-13-25)44-32(34,35)36/h6-15,18-20H,3-5,16-17H2,1-2H3,(H,37,43)/b27-19-,39-31-. The molecule has 8 nitrogen and oxygen atoms in total. The van der Waals surface area contributed by atoms with E-state index in [0.29, 0.717) is 22.2 Å². The Morgan fingerprint density at radius 3 is 2.58 bits per heavy atom. The van der Waals surface area contributed by atoms with Crippen molar-refractivity contribution in [3.8, 4) is 22.8 Å². The van der Waals surface area contributed by atoms with E-state index in [2.05, 4.69) is 55.2 Å². The number of urea groups is 1. The number of hydrogen-bond acceptors (Lipinski definition) is 5. The van der Waals surface area contributed by atoms with E-state index in [9.17, 15) is 22.4 Å². The summed E-state index contributed by atoms with van der Waals surface area (Å²) in [5.74, 6) is 0.159. The molecule has 234 valence electrons. The molecule has 0 spiro atoms. The number of aromatic nitrogens is 3. The Balaban J connectivity index is 1.24. The fourth-order valence-electron chi connectivity index (χ4n) is 4.71. The summed E-state index contributed by atoms with van der Waals surface area (Å²) >= 11 is 1.50. The van der Waals surface area contributed by atoms with E-state index >= 15 is 0 Å². The van der Waals surface area contributed by atoms with Crippen LogP contribution in [0.15, 0.2) is 84.2 Å². The molecule has 1 saturated heterocycles. The van der Waals surface area contributed by atoms with E-state index in [1.54, 1.807) is 12.1 Å². The SMILES string of the molecule is CCCc1ccc(C)cc1N1CCCS/C1=N\C(=O)N/C=C(\F)c1ccc(-c2ncn(-c3ccc(OC(F)(F)F)cc3)n2)cc1. The van der Waals surface area contributed by atoms with Crippen LogP contribution >= 0.6 is 11.8 Å². The van der Waals surface area contributed by atoms with Crippen molar-refractivity contribution in [1.82, 2.24) is 20.1 Å². The maximum absolute atomic E-state index is 15.0. The lowest BCUT2D eigenvalue weighted by atomic mass is 10.0. The van der Waals surface area contributed by atoms with Crippen LogP contribution in [0.25, 0.3) is 22.9 Å². The van der Waals surface area contributed by atoms with Crippen LogP contribution in [0.2, 0.25) is 0 Å². The molecule has 0 atom stereocenters. The van der Waals surface area contributed by atoms with Gasteiger partial charge in [-0.1, -0.05) is 61.5 Å². The van der Waals surface area contributed by atoms with E-state index in [4.69, 9.17) is 0 Å². The molecule has 1 aliphatic heterocycles. The van der Waals surface area contributed by atoms with E-state index in [1.807, 2.05) is 6.92 Å². The number of hydrogen-bond donors (Lipinski definition) is 1. The summed E-state index contributed by atoms with van der Waals surface area (Å²) in [7, 11) is 0. The quantitative estimate of drug-likeness (QED) is 0.197. The Morgan fingerprint density at radius 1 is 1.11 bits per heavy atom. The fraction of sp³-hybridized carbons (Fsp3) is 0.250. The molecule has 5 rings (SSSR count). The minimum Gasteiger partial charge on any atom is -0.406 e. The van der Waals surface area contributed by atoms with Crippen LogP contribution in [0.1, 0.15) is 36.5 Å². The fourth-order valence-corrected chi connectivity index (χ4v) is 5.66. The Morgan fingerprint density at radius 2 is 1.87 bits per heavy atom. The molecular formula is C32H30F4N6O2S. The van der Waals surface area contributed by atoms with Crippen molar-refractivity contribution >= 4 is 34.5 Å². The number of rotatable bonds is 8. The molecule has 0 saturated carbocycles. The molecule has 1 N–H and O–H groups in total. The van der Waals surface area contributed by atoms with Crippen molar-refractivity contribution in [2.75, 3.05) is 17.2 Å². The lowest BCUT2D eigenvalue weighted by molar-refractivity contribution is -0.274. The molecule has 3 aromatic carbocycles. The van der Waals surface area contributed by atoms with Gasteiger partial charge in [-0.2, -0.15) is 4.99 Å². The van der Waals surface area contributed by atoms with Gasteiger partial charge in [0.05, 0.1) is 5.69 Å². The van der Waals surface area contributed by atoms with Gasteiger partial charge in [-0.25, -0.2) is 18.9 Å². The van der Waals surface area contributed by atoms with Gasteiger partial charge < -0.3 is 15.0 Å². The van der Waals surface area contributed by atoms with Gasteiger partial charge in [0.15, 0.2) is 11.0 Å². The van der Waals surface area contributed by atoms with Crippen LogP contribution in [0.5, 0.6) is 5.75 Å². The summed E-state index contributed by atoms with van der Waals surface area (Å²) in [6.07, 6.45) is 0.483. The Hall–Kier alpha value is -4.65. The second kappa shape index (κ2) is 14.0. The number of amides is 2. The average Bonchev–Trinajstić information content (AvgIpc) is 3.51. The Bertz CT molecular complexity index is 1700. The van der Waals surface area contributed by atoms with Gasteiger partial charge in [-0.05, 0) is 61.2 Å². The summed E-state index contributed by atoms with van der Waals surface area (Å²) in [6.45, 7) is 4.90. The summed E-state index contributed by atoms with van der Waals surface area (Å²) < 4.78 is 57.5. The van der Waals surface area contributed by atoms with Crippen LogP contribution in [0.3, 0.4) is 0 Å². The van der Waals surface area contributed by atoms with Gasteiger partial charge in [0.25, 0.3) is 0 Å². The smallest absolute Gasteiger partial charge is 0.406 e. The average molecular weight is 639 g/mol. The van der Waals surface area contributed by atoms with Crippen LogP contribution < -0.4 is 15.0 Å². The number of anilines is 1. The van der Waals surface area contributed by atoms with Crippen LogP contribution in [-0.2, 0) is 6.42 Å². The lowest BCUT2D eigenvalue weighted by Crippen LogP contribution is -2.36. The van der Waals surface area contributed by atoms with Gasteiger partial charge in [-0.15, -0.1) is 18.3 Å². The zero-order valence-electron chi connectivity index (χ0n) is 24.5. The number of benzene rings is 3. The first-order chi connectivity index (χ1) is 21.6. The molecule has 4 aromatic rings. The first-order valence-electron chi connectivity index (χ1n) is 14.2. The lowest BCUT2D eigenvalue weighted by Gasteiger charge is -2.31. The van der Waals surface area contributed by atoms with Crippen LogP contribution in [0, 0.1) is 6.92 Å². The number of carbonyl (C=O) groups is 1. The van der Waals surface area contributed by atoms with E-state index < -0.39 is 18.2 Å². The molecule has 45 heavy (non-hydrogen) atoms. The van der Waals surface area contributed by atoms with Crippen molar-refractivity contribution < 1.29 is 27.1 Å². The number of aryl methyl sites for hydroxylation is 2. The Kier molecular flexibility index (Phi) is 9.87. The number of halogens is 4. The molecule has 1 aliphatic rings. The normalized spacial score (nSPS) is 14.9. The van der Waals surface area contributed by atoms with Crippen molar-refractivity contribution in [2.45, 2.75) is 39.5 Å². The number of aliphatic imine (C=N–C) groups is 1. The Labute approximate surface area is 261 Å². The summed E-state index contributed by atoms with van der Waals surface area (Å²) in [5.41, 5.74) is 4.66. The monoisotopic (exact) mass is 638 g/mol. The molecule has 0 unspecified atom stereocenters. The highest BCUT2D eigenvalue weighted by atomic mass is 32.2. The molecule has 0 radical (unpaired) electrons. The number of ether oxygens (including phenoxy) is 1. The third kappa shape index (κ3) is 8.29. The maximum atomic E-state index is 15.0. The van der Waals surface area contributed by atoms with Crippen LogP contribution in [-0.4, -0.2) is 44.6 Å². The zero-order chi connectivity index (χ0) is 32.0. The zero-order valence-corrected chi connectivity index (χ0v) is 25.3. The van der Waals surface area contributed by atoms with Crippen molar-refractivity contribution in [3.05, 3.63) is 95.9 Å². The van der Waals surface area contributed by atoms with E-state index in [0.717, 1.165) is 49.0 Å². The van der Waals surface area contributed by atoms with Crippen molar-refractivity contribution in [1.29, 1.82) is 0 Å². The number of nitrogens with one attached hydrogen (secondary N) is 1. The predicted molar refractivity (Wildman–Crippen MR) is 168 cm³/mol. The molecule has 2 amide bonds. The molecule has 0 bridgehead atoms. The molecular weight excluding hydrogens is 608 g/mol. The number of thioether (sulfide) groups is 1.